The first-order chi connectivity index (χ1) is 9.18. The van der Waals surface area contributed by atoms with Crippen LogP contribution in [0.4, 0.5) is 0 Å². The van der Waals surface area contributed by atoms with E-state index in [0.29, 0.717) is 6.42 Å². The lowest BCUT2D eigenvalue weighted by atomic mass is 10.0. The maximum atomic E-state index is 11.9. The second-order valence-corrected chi connectivity index (χ2v) is 5.43. The van der Waals surface area contributed by atoms with Crippen molar-refractivity contribution in [3.63, 3.8) is 0 Å². The molecule has 0 saturated carbocycles. The molecule has 116 valence electrons. The van der Waals surface area contributed by atoms with E-state index in [0.717, 1.165) is 0 Å². The van der Waals surface area contributed by atoms with Gasteiger partial charge in [-0.1, -0.05) is 13.8 Å². The quantitative estimate of drug-likeness (QED) is 0.382. The zero-order valence-corrected chi connectivity index (χ0v) is 12.8. The summed E-state index contributed by atoms with van der Waals surface area (Å²) in [4.78, 5) is 34.5. The number of aliphatic carboxylic acids is 1. The Morgan fingerprint density at radius 1 is 1.10 bits per heavy atom. The lowest BCUT2D eigenvalue weighted by Gasteiger charge is -2.21. The van der Waals surface area contributed by atoms with E-state index in [1.165, 1.54) is 6.92 Å². The summed E-state index contributed by atoms with van der Waals surface area (Å²) in [6, 6.07) is -2.65. The van der Waals surface area contributed by atoms with Crippen LogP contribution in [0.25, 0.3) is 0 Å². The van der Waals surface area contributed by atoms with E-state index >= 15 is 0 Å². The predicted octanol–water partition coefficient (Wildman–Crippen LogP) is -0.636. The topological polar surface area (TPSA) is 122 Å². The minimum Gasteiger partial charge on any atom is -0.480 e. The fraction of sp³-hybridized carbons (Fsp3) is 0.750. The number of carboxylic acids is 1. The van der Waals surface area contributed by atoms with Gasteiger partial charge in [0.1, 0.15) is 12.1 Å². The summed E-state index contributed by atoms with van der Waals surface area (Å²) < 4.78 is 0. The molecule has 0 bridgehead atoms. The number of amides is 2. The number of carboxylic acid groups (broad SMARTS) is 1. The average Bonchev–Trinajstić information content (AvgIpc) is 2.33. The molecule has 0 saturated heterocycles. The van der Waals surface area contributed by atoms with Gasteiger partial charge >= 0.3 is 5.97 Å². The van der Waals surface area contributed by atoms with Crippen LogP contribution in [0, 0.1) is 5.92 Å². The number of hydrogen-bond acceptors (Lipinski definition) is 5. The molecule has 0 spiro atoms. The van der Waals surface area contributed by atoms with E-state index < -0.39 is 35.9 Å². The number of carbonyl (C=O) groups excluding carboxylic acids is 2. The Kier molecular flexibility index (Phi) is 8.24. The summed E-state index contributed by atoms with van der Waals surface area (Å²) in [5.74, 6) is -2.01. The van der Waals surface area contributed by atoms with Crippen LogP contribution in [-0.4, -0.2) is 46.8 Å². The molecule has 0 radical (unpaired) electrons. The molecule has 0 rings (SSSR count). The molecule has 2 amide bonds. The third-order valence-corrected chi connectivity index (χ3v) is 2.92. The van der Waals surface area contributed by atoms with Crippen LogP contribution in [0.15, 0.2) is 0 Å². The van der Waals surface area contributed by atoms with E-state index in [1.807, 2.05) is 13.8 Å². The SMILES string of the molecule is CC(C)CC(NC(=O)C(CS)NC(=O)C(C)N)C(=O)O. The summed E-state index contributed by atoms with van der Waals surface area (Å²) in [7, 11) is 0. The fourth-order valence-corrected chi connectivity index (χ4v) is 1.72. The fourth-order valence-electron chi connectivity index (χ4n) is 1.46. The molecule has 0 aliphatic heterocycles. The van der Waals surface area contributed by atoms with Gasteiger partial charge in [-0.2, -0.15) is 12.6 Å². The monoisotopic (exact) mass is 305 g/mol. The highest BCUT2D eigenvalue weighted by molar-refractivity contribution is 7.80. The molecule has 8 heteroatoms. The van der Waals surface area contributed by atoms with Crippen LogP contribution in [0.3, 0.4) is 0 Å². The molecule has 0 aromatic heterocycles. The molecule has 0 aromatic carbocycles. The van der Waals surface area contributed by atoms with Crippen molar-refractivity contribution in [2.24, 2.45) is 11.7 Å². The largest absolute Gasteiger partial charge is 0.480 e. The second-order valence-electron chi connectivity index (χ2n) is 5.06. The highest BCUT2D eigenvalue weighted by Gasteiger charge is 2.26. The number of thiol groups is 1. The molecule has 3 unspecified atom stereocenters. The van der Waals surface area contributed by atoms with Crippen molar-refractivity contribution in [3.8, 4) is 0 Å². The molecule has 0 aliphatic carbocycles. The summed E-state index contributed by atoms with van der Waals surface area (Å²) in [6.07, 6.45) is 0.307. The number of nitrogens with two attached hydrogens (primary N) is 1. The van der Waals surface area contributed by atoms with Gasteiger partial charge in [0, 0.05) is 5.75 Å². The maximum Gasteiger partial charge on any atom is 0.326 e. The zero-order chi connectivity index (χ0) is 15.9. The van der Waals surface area contributed by atoms with Crippen LogP contribution in [-0.2, 0) is 14.4 Å². The second kappa shape index (κ2) is 8.80. The summed E-state index contributed by atoms with van der Waals surface area (Å²) >= 11 is 3.98. The smallest absolute Gasteiger partial charge is 0.326 e. The maximum absolute atomic E-state index is 11.9. The van der Waals surface area contributed by atoms with Crippen LogP contribution in [0.5, 0.6) is 0 Å². The molecule has 7 nitrogen and oxygen atoms in total. The Labute approximate surface area is 124 Å². The summed E-state index contributed by atoms with van der Waals surface area (Å²) in [5, 5.41) is 13.9. The summed E-state index contributed by atoms with van der Waals surface area (Å²) in [5.41, 5.74) is 5.39. The van der Waals surface area contributed by atoms with Crippen molar-refractivity contribution < 1.29 is 19.5 Å². The van der Waals surface area contributed by atoms with Gasteiger partial charge in [0.2, 0.25) is 11.8 Å². The molecule has 0 aliphatic rings. The van der Waals surface area contributed by atoms with Crippen LogP contribution in [0.1, 0.15) is 27.2 Å². The third-order valence-electron chi connectivity index (χ3n) is 2.55. The lowest BCUT2D eigenvalue weighted by Crippen LogP contribution is -2.55. The van der Waals surface area contributed by atoms with Gasteiger partial charge in [0.25, 0.3) is 0 Å². The van der Waals surface area contributed by atoms with E-state index in [9.17, 15) is 14.4 Å². The Morgan fingerprint density at radius 2 is 1.60 bits per heavy atom. The Bertz CT molecular complexity index is 361. The highest BCUT2D eigenvalue weighted by atomic mass is 32.1. The molecular formula is C12H23N3O4S. The Hall–Kier alpha value is -1.28. The van der Waals surface area contributed by atoms with Crippen molar-refractivity contribution in [2.45, 2.75) is 45.3 Å². The van der Waals surface area contributed by atoms with Crippen molar-refractivity contribution in [1.29, 1.82) is 0 Å². The van der Waals surface area contributed by atoms with Gasteiger partial charge in [0.15, 0.2) is 0 Å². The predicted molar refractivity (Wildman–Crippen MR) is 78.5 cm³/mol. The van der Waals surface area contributed by atoms with Gasteiger partial charge in [-0.15, -0.1) is 0 Å². The first kappa shape index (κ1) is 18.7. The number of rotatable bonds is 8. The van der Waals surface area contributed by atoms with Crippen molar-refractivity contribution in [2.75, 3.05) is 5.75 Å². The minimum absolute atomic E-state index is 0.0539. The normalized spacial score (nSPS) is 15.3. The van der Waals surface area contributed by atoms with E-state index in [2.05, 4.69) is 23.3 Å². The van der Waals surface area contributed by atoms with E-state index in [-0.39, 0.29) is 11.7 Å². The molecule has 0 heterocycles. The van der Waals surface area contributed by atoms with Gasteiger partial charge in [-0.3, -0.25) is 9.59 Å². The zero-order valence-electron chi connectivity index (χ0n) is 11.9. The van der Waals surface area contributed by atoms with E-state index in [4.69, 9.17) is 10.8 Å². The Morgan fingerprint density at radius 3 is 1.95 bits per heavy atom. The first-order valence-electron chi connectivity index (χ1n) is 6.39. The molecule has 5 N–H and O–H groups in total. The number of hydrogen-bond donors (Lipinski definition) is 5. The van der Waals surface area contributed by atoms with Gasteiger partial charge in [-0.25, -0.2) is 4.79 Å². The summed E-state index contributed by atoms with van der Waals surface area (Å²) in [6.45, 7) is 5.20. The van der Waals surface area contributed by atoms with Gasteiger partial charge < -0.3 is 21.5 Å². The van der Waals surface area contributed by atoms with E-state index in [1.54, 1.807) is 0 Å². The van der Waals surface area contributed by atoms with Gasteiger partial charge in [-0.05, 0) is 19.3 Å². The number of nitrogens with one attached hydrogen (secondary N) is 2. The Balaban J connectivity index is 4.66. The lowest BCUT2D eigenvalue weighted by molar-refractivity contribution is -0.142. The first-order valence-corrected chi connectivity index (χ1v) is 7.02. The highest BCUT2D eigenvalue weighted by Crippen LogP contribution is 2.05. The third kappa shape index (κ3) is 6.76. The molecule has 0 aromatic rings. The van der Waals surface area contributed by atoms with Crippen molar-refractivity contribution in [1.82, 2.24) is 10.6 Å². The molecule has 0 fully saturated rings. The molecule has 20 heavy (non-hydrogen) atoms. The molecular weight excluding hydrogens is 282 g/mol. The van der Waals surface area contributed by atoms with Crippen LogP contribution < -0.4 is 16.4 Å². The molecule has 3 atom stereocenters. The standard InChI is InChI=1S/C12H23N3O4S/c1-6(2)4-8(12(18)19)14-11(17)9(5-20)15-10(16)7(3)13/h6-9,20H,4-5,13H2,1-3H3,(H,14,17)(H,15,16)(H,18,19). The number of carbonyl (C=O) groups is 3. The average molecular weight is 305 g/mol. The van der Waals surface area contributed by atoms with Crippen LogP contribution in [0.2, 0.25) is 0 Å². The van der Waals surface area contributed by atoms with Crippen molar-refractivity contribution >= 4 is 30.4 Å². The minimum atomic E-state index is -1.11. The van der Waals surface area contributed by atoms with Crippen molar-refractivity contribution in [3.05, 3.63) is 0 Å². The van der Waals surface area contributed by atoms with Crippen LogP contribution >= 0.6 is 12.6 Å². The van der Waals surface area contributed by atoms with Gasteiger partial charge in [0.05, 0.1) is 6.04 Å².